The van der Waals surface area contributed by atoms with Gasteiger partial charge in [-0.2, -0.15) is 0 Å². The Hall–Kier alpha value is -2.79. The van der Waals surface area contributed by atoms with Crippen LogP contribution in [0.1, 0.15) is 10.4 Å². The third-order valence-corrected chi connectivity index (χ3v) is 3.03. The lowest BCUT2D eigenvalue weighted by Crippen LogP contribution is -2.37. The number of aromatic carboxylic acids is 1. The fourth-order valence-electron chi connectivity index (χ4n) is 2.11. The quantitative estimate of drug-likeness (QED) is 0.599. The minimum Gasteiger partial charge on any atom is -0.545 e. The van der Waals surface area contributed by atoms with Crippen LogP contribution in [0.4, 0.5) is 17.1 Å². The molecule has 0 amide bonds. The molecule has 11 heteroatoms. The molecule has 1 heterocycles. The minimum atomic E-state index is -1.71. The number of ether oxygens (including phenoxy) is 1. The first-order valence-electron chi connectivity index (χ1n) is 5.92. The summed E-state index contributed by atoms with van der Waals surface area (Å²) in [6.45, 7) is 1.03. The van der Waals surface area contributed by atoms with Crippen LogP contribution in [0.2, 0.25) is 0 Å². The van der Waals surface area contributed by atoms with E-state index in [2.05, 4.69) is 0 Å². The van der Waals surface area contributed by atoms with E-state index in [0.717, 1.165) is 12.1 Å². The molecule has 1 saturated heterocycles. The molecule has 0 aliphatic carbocycles. The Morgan fingerprint density at radius 1 is 1.09 bits per heavy atom. The molecular weight excluding hydrogens is 300 g/mol. The summed E-state index contributed by atoms with van der Waals surface area (Å²) in [5.41, 5.74) is -2.08. The first-order valence-corrected chi connectivity index (χ1v) is 5.92. The number of nitrogens with zero attached hydrogens (tertiary/aromatic N) is 3. The molecule has 0 spiro atoms. The molecule has 0 unspecified atom stereocenters. The van der Waals surface area contributed by atoms with Crippen LogP contribution in [0.5, 0.6) is 0 Å². The van der Waals surface area contributed by atoms with Gasteiger partial charge in [0.25, 0.3) is 11.4 Å². The second-order valence-electron chi connectivity index (χ2n) is 4.26. The van der Waals surface area contributed by atoms with Crippen molar-refractivity contribution < 1.29 is 24.5 Å². The van der Waals surface area contributed by atoms with Gasteiger partial charge in [-0.3, -0.25) is 20.2 Å². The predicted octanol–water partition coefficient (Wildman–Crippen LogP) is 0.0793. The van der Waals surface area contributed by atoms with E-state index in [1.54, 1.807) is 0 Å². The zero-order valence-electron chi connectivity index (χ0n) is 11.7. The van der Waals surface area contributed by atoms with Crippen LogP contribution < -0.4 is 16.2 Å². The second kappa shape index (κ2) is 6.78. The summed E-state index contributed by atoms with van der Waals surface area (Å²) in [6.07, 6.45) is 0. The van der Waals surface area contributed by atoms with Crippen LogP contribution >= 0.6 is 0 Å². The molecular formula is C11H14N4O7. The van der Waals surface area contributed by atoms with Crippen molar-refractivity contribution in [2.75, 3.05) is 31.2 Å². The maximum Gasteiger partial charge on any atom is 0.300 e. The maximum absolute atomic E-state index is 11.1. The number of nitro groups is 2. The van der Waals surface area contributed by atoms with Crippen molar-refractivity contribution in [2.45, 2.75) is 0 Å². The van der Waals surface area contributed by atoms with Crippen molar-refractivity contribution in [3.05, 3.63) is 37.9 Å². The third-order valence-electron chi connectivity index (χ3n) is 3.03. The second-order valence-corrected chi connectivity index (χ2v) is 4.26. The van der Waals surface area contributed by atoms with Crippen molar-refractivity contribution in [2.24, 2.45) is 0 Å². The summed E-state index contributed by atoms with van der Waals surface area (Å²) in [4.78, 5) is 32.9. The summed E-state index contributed by atoms with van der Waals surface area (Å²) >= 11 is 0. The Bertz CT molecular complexity index is 577. The molecule has 2 rings (SSSR count). The van der Waals surface area contributed by atoms with Gasteiger partial charge in [0, 0.05) is 30.8 Å². The number of benzene rings is 1. The summed E-state index contributed by atoms with van der Waals surface area (Å²) < 4.78 is 5.10. The first kappa shape index (κ1) is 17.3. The van der Waals surface area contributed by atoms with E-state index in [0.29, 0.717) is 0 Å². The van der Waals surface area contributed by atoms with Crippen LogP contribution in [-0.4, -0.2) is 42.1 Å². The molecule has 0 saturated carbocycles. The molecule has 1 aliphatic heterocycles. The van der Waals surface area contributed by atoms with E-state index in [1.807, 2.05) is 0 Å². The van der Waals surface area contributed by atoms with Crippen LogP contribution in [0.15, 0.2) is 12.1 Å². The van der Waals surface area contributed by atoms with Crippen LogP contribution in [0, 0.1) is 20.2 Å². The van der Waals surface area contributed by atoms with Gasteiger partial charge in [0.05, 0.1) is 29.0 Å². The number of rotatable bonds is 4. The van der Waals surface area contributed by atoms with E-state index >= 15 is 0 Å². The summed E-state index contributed by atoms with van der Waals surface area (Å²) in [5, 5.41) is 33.1. The lowest BCUT2D eigenvalue weighted by atomic mass is 10.1. The van der Waals surface area contributed by atoms with Crippen molar-refractivity contribution in [3.63, 3.8) is 0 Å². The zero-order valence-corrected chi connectivity index (χ0v) is 11.7. The molecule has 4 N–H and O–H groups in total. The molecule has 0 atom stereocenters. The number of carboxylic acids is 1. The normalized spacial score (nSPS) is 14.1. The van der Waals surface area contributed by atoms with E-state index in [-0.39, 0.29) is 38.1 Å². The fraction of sp³-hybridized carbons (Fsp3) is 0.364. The van der Waals surface area contributed by atoms with Gasteiger partial charge >= 0.3 is 0 Å². The molecule has 1 fully saturated rings. The summed E-state index contributed by atoms with van der Waals surface area (Å²) in [7, 11) is 0. The van der Waals surface area contributed by atoms with Gasteiger partial charge in [-0.15, -0.1) is 0 Å². The average molecular weight is 314 g/mol. The highest BCUT2D eigenvalue weighted by Gasteiger charge is 2.32. The van der Waals surface area contributed by atoms with Gasteiger partial charge in [-0.1, -0.05) is 0 Å². The molecule has 1 aliphatic rings. The van der Waals surface area contributed by atoms with Crippen molar-refractivity contribution in [1.29, 1.82) is 0 Å². The number of hydrogen-bond acceptors (Lipinski definition) is 8. The fourth-order valence-corrected chi connectivity index (χ4v) is 2.11. The lowest BCUT2D eigenvalue weighted by molar-refractivity contribution is -0.392. The Morgan fingerprint density at radius 3 is 1.91 bits per heavy atom. The number of hydrogen-bond donors (Lipinski definition) is 1. The molecule has 1 aromatic rings. The van der Waals surface area contributed by atoms with Gasteiger partial charge in [0.2, 0.25) is 0 Å². The third kappa shape index (κ3) is 3.27. The standard InChI is InChI=1S/C11H11N3O7.H3N/c15-11(16)7-5-8(13(17)18)10(9(6-7)14(19)20)12-1-3-21-4-2-12;/h5-6H,1-4H2,(H,15,16);1H3. The SMILES string of the molecule is O=C([O-])c1cc([N+](=O)[O-])c(N2CCOCC2)c([N+](=O)[O-])c1.[NH4+]. The number of carbonyl (C=O) groups is 1. The van der Waals surface area contributed by atoms with Gasteiger partial charge < -0.3 is 25.7 Å². The van der Waals surface area contributed by atoms with Gasteiger partial charge in [-0.25, -0.2) is 0 Å². The number of anilines is 1. The Balaban J connectivity index is 0.00000242. The molecule has 22 heavy (non-hydrogen) atoms. The van der Waals surface area contributed by atoms with Crippen molar-refractivity contribution >= 4 is 23.0 Å². The van der Waals surface area contributed by atoms with E-state index < -0.39 is 32.8 Å². The zero-order chi connectivity index (χ0) is 15.6. The minimum absolute atomic E-state index is 0. The molecule has 0 radical (unpaired) electrons. The number of morpholine rings is 1. The Labute approximate surface area is 124 Å². The molecule has 120 valence electrons. The summed E-state index contributed by atoms with van der Waals surface area (Å²) in [5.74, 6) is -1.71. The van der Waals surface area contributed by atoms with E-state index in [1.165, 1.54) is 4.90 Å². The van der Waals surface area contributed by atoms with Gasteiger partial charge in [0.15, 0.2) is 5.69 Å². The van der Waals surface area contributed by atoms with Crippen molar-refractivity contribution in [1.82, 2.24) is 6.15 Å². The highest BCUT2D eigenvalue weighted by Crippen LogP contribution is 2.38. The number of quaternary nitrogens is 1. The van der Waals surface area contributed by atoms with Crippen LogP contribution in [-0.2, 0) is 4.74 Å². The number of carboxylic acid groups (broad SMARTS) is 1. The topological polar surface area (TPSA) is 175 Å². The molecule has 0 aromatic heterocycles. The Kier molecular flexibility index (Phi) is 5.32. The highest BCUT2D eigenvalue weighted by atomic mass is 16.6. The highest BCUT2D eigenvalue weighted by molar-refractivity contribution is 5.91. The molecule has 0 bridgehead atoms. The Morgan fingerprint density at radius 2 is 1.55 bits per heavy atom. The summed E-state index contributed by atoms with van der Waals surface area (Å²) in [6, 6.07) is 1.54. The smallest absolute Gasteiger partial charge is 0.300 e. The van der Waals surface area contributed by atoms with Crippen molar-refractivity contribution in [3.8, 4) is 0 Å². The first-order chi connectivity index (χ1) is 9.91. The molecule has 11 nitrogen and oxygen atoms in total. The number of carbonyl (C=O) groups excluding carboxylic acids is 1. The monoisotopic (exact) mass is 314 g/mol. The van der Waals surface area contributed by atoms with E-state index in [4.69, 9.17) is 4.74 Å². The maximum atomic E-state index is 11.1. The molecule has 1 aromatic carbocycles. The largest absolute Gasteiger partial charge is 0.545 e. The van der Waals surface area contributed by atoms with E-state index in [9.17, 15) is 30.1 Å². The lowest BCUT2D eigenvalue weighted by Gasteiger charge is -2.28. The van der Waals surface area contributed by atoms with Crippen LogP contribution in [0.25, 0.3) is 0 Å². The number of nitro benzene ring substituents is 2. The van der Waals surface area contributed by atoms with Gasteiger partial charge in [-0.05, 0) is 0 Å². The van der Waals surface area contributed by atoms with Crippen LogP contribution in [0.3, 0.4) is 0 Å². The predicted molar refractivity (Wildman–Crippen MR) is 73.1 cm³/mol. The average Bonchev–Trinajstić information content (AvgIpc) is 2.46. The van der Waals surface area contributed by atoms with Gasteiger partial charge in [0.1, 0.15) is 0 Å².